The minimum absolute atomic E-state index is 0.219. The van der Waals surface area contributed by atoms with E-state index in [1.165, 1.54) is 5.56 Å². The number of benzene rings is 1. The number of carbonyl (C=O) groups excluding carboxylic acids is 2. The molecule has 1 unspecified atom stereocenters. The zero-order valence-corrected chi connectivity index (χ0v) is 13.2. The van der Waals surface area contributed by atoms with Gasteiger partial charge in [0, 0.05) is 6.42 Å². The van der Waals surface area contributed by atoms with Crippen LogP contribution >= 0.6 is 0 Å². The van der Waals surface area contributed by atoms with E-state index < -0.39 is 12.0 Å². The van der Waals surface area contributed by atoms with Crippen LogP contribution in [-0.2, 0) is 20.7 Å². The monoisotopic (exact) mass is 314 g/mol. The van der Waals surface area contributed by atoms with E-state index >= 15 is 0 Å². The number of amides is 1. The fourth-order valence-corrected chi connectivity index (χ4v) is 2.11. The van der Waals surface area contributed by atoms with Crippen LogP contribution in [0.5, 0.6) is 0 Å². The molecule has 0 aliphatic rings. The first kappa shape index (κ1) is 18.4. The van der Waals surface area contributed by atoms with Crippen LogP contribution in [0.15, 0.2) is 43.0 Å². The highest BCUT2D eigenvalue weighted by Gasteiger charge is 2.21. The molecule has 0 saturated heterocycles. The van der Waals surface area contributed by atoms with Crippen molar-refractivity contribution in [1.29, 1.82) is 5.26 Å². The van der Waals surface area contributed by atoms with Crippen LogP contribution in [0.4, 0.5) is 0 Å². The van der Waals surface area contributed by atoms with E-state index in [0.29, 0.717) is 12.8 Å². The Kier molecular flexibility index (Phi) is 8.84. The van der Waals surface area contributed by atoms with Gasteiger partial charge in [-0.2, -0.15) is 5.26 Å². The molecule has 122 valence electrons. The molecule has 0 saturated carbocycles. The zero-order valence-electron chi connectivity index (χ0n) is 13.2. The lowest BCUT2D eigenvalue weighted by atomic mass is 10.0. The third kappa shape index (κ3) is 7.82. The second kappa shape index (κ2) is 11.0. The Bertz CT molecular complexity index is 549. The van der Waals surface area contributed by atoms with Crippen molar-refractivity contribution in [3.05, 3.63) is 48.6 Å². The van der Waals surface area contributed by atoms with E-state index in [4.69, 9.17) is 10.00 Å². The SMILES string of the molecule is C=CCCC(=O)NC(CCCc1ccccc1)C(=O)OCC#N. The number of nitrogens with zero attached hydrogens (tertiary/aromatic N) is 1. The van der Waals surface area contributed by atoms with Gasteiger partial charge >= 0.3 is 5.97 Å². The molecule has 0 fully saturated rings. The van der Waals surface area contributed by atoms with Crippen molar-refractivity contribution in [2.45, 2.75) is 38.1 Å². The smallest absolute Gasteiger partial charge is 0.329 e. The minimum Gasteiger partial charge on any atom is -0.449 e. The fourth-order valence-electron chi connectivity index (χ4n) is 2.11. The van der Waals surface area contributed by atoms with Crippen LogP contribution in [0.3, 0.4) is 0 Å². The van der Waals surface area contributed by atoms with E-state index in [-0.39, 0.29) is 18.9 Å². The molecule has 1 atom stereocenters. The van der Waals surface area contributed by atoms with Crippen LogP contribution in [0, 0.1) is 11.3 Å². The molecular weight excluding hydrogens is 292 g/mol. The number of nitrogens with one attached hydrogen (secondary N) is 1. The number of nitriles is 1. The van der Waals surface area contributed by atoms with Crippen molar-refractivity contribution in [3.63, 3.8) is 0 Å². The predicted molar refractivity (Wildman–Crippen MR) is 87.3 cm³/mol. The Labute approximate surface area is 137 Å². The Morgan fingerprint density at radius 1 is 1.35 bits per heavy atom. The summed E-state index contributed by atoms with van der Waals surface area (Å²) in [6, 6.07) is 11.0. The summed E-state index contributed by atoms with van der Waals surface area (Å²) in [6.07, 6.45) is 4.50. The van der Waals surface area contributed by atoms with Crippen LogP contribution in [0.2, 0.25) is 0 Å². The lowest BCUT2D eigenvalue weighted by Gasteiger charge is -2.16. The molecule has 0 heterocycles. The summed E-state index contributed by atoms with van der Waals surface area (Å²) in [5.41, 5.74) is 1.18. The van der Waals surface area contributed by atoms with E-state index in [2.05, 4.69) is 11.9 Å². The van der Waals surface area contributed by atoms with Crippen molar-refractivity contribution >= 4 is 11.9 Å². The maximum absolute atomic E-state index is 11.9. The summed E-state index contributed by atoms with van der Waals surface area (Å²) >= 11 is 0. The molecule has 5 nitrogen and oxygen atoms in total. The first-order valence-electron chi connectivity index (χ1n) is 7.65. The van der Waals surface area contributed by atoms with Crippen molar-refractivity contribution in [2.24, 2.45) is 0 Å². The van der Waals surface area contributed by atoms with Gasteiger partial charge in [0.05, 0.1) is 0 Å². The summed E-state index contributed by atoms with van der Waals surface area (Å²) < 4.78 is 4.83. The molecule has 23 heavy (non-hydrogen) atoms. The average Bonchev–Trinajstić information content (AvgIpc) is 2.57. The lowest BCUT2D eigenvalue weighted by Crippen LogP contribution is -2.41. The van der Waals surface area contributed by atoms with E-state index in [1.54, 1.807) is 12.1 Å². The molecule has 1 rings (SSSR count). The highest BCUT2D eigenvalue weighted by Crippen LogP contribution is 2.08. The summed E-state index contributed by atoms with van der Waals surface area (Å²) in [5.74, 6) is -0.782. The highest BCUT2D eigenvalue weighted by molar-refractivity contribution is 5.84. The molecule has 0 aliphatic heterocycles. The Morgan fingerprint density at radius 3 is 2.74 bits per heavy atom. The van der Waals surface area contributed by atoms with Gasteiger partial charge in [-0.05, 0) is 31.2 Å². The summed E-state index contributed by atoms with van der Waals surface area (Å²) in [6.45, 7) is 3.25. The first-order valence-corrected chi connectivity index (χ1v) is 7.65. The van der Waals surface area contributed by atoms with Gasteiger partial charge in [0.2, 0.25) is 5.91 Å². The Morgan fingerprint density at radius 2 is 2.09 bits per heavy atom. The molecule has 0 aliphatic carbocycles. The third-order valence-electron chi connectivity index (χ3n) is 3.28. The molecule has 1 amide bonds. The molecule has 0 bridgehead atoms. The normalized spacial score (nSPS) is 11.1. The number of esters is 1. The van der Waals surface area contributed by atoms with Crippen molar-refractivity contribution < 1.29 is 14.3 Å². The predicted octanol–water partition coefficient (Wildman–Crippen LogP) is 2.53. The van der Waals surface area contributed by atoms with Gasteiger partial charge in [-0.1, -0.05) is 36.4 Å². The van der Waals surface area contributed by atoms with Gasteiger partial charge in [0.15, 0.2) is 6.61 Å². The summed E-state index contributed by atoms with van der Waals surface area (Å²) in [4.78, 5) is 23.7. The number of allylic oxidation sites excluding steroid dienone is 1. The highest BCUT2D eigenvalue weighted by atomic mass is 16.5. The van der Waals surface area contributed by atoms with Crippen LogP contribution in [-0.4, -0.2) is 24.5 Å². The van der Waals surface area contributed by atoms with Gasteiger partial charge in [0.25, 0.3) is 0 Å². The molecule has 0 spiro atoms. The number of hydrogen-bond donors (Lipinski definition) is 1. The first-order chi connectivity index (χ1) is 11.2. The maximum Gasteiger partial charge on any atom is 0.329 e. The molecule has 1 N–H and O–H groups in total. The minimum atomic E-state index is -0.718. The van der Waals surface area contributed by atoms with Gasteiger partial charge in [-0.3, -0.25) is 4.79 Å². The molecule has 0 radical (unpaired) electrons. The summed E-state index contributed by atoms with van der Waals surface area (Å²) in [5, 5.41) is 11.2. The van der Waals surface area contributed by atoms with Gasteiger partial charge < -0.3 is 10.1 Å². The Hall–Kier alpha value is -2.61. The number of rotatable bonds is 10. The molecule has 0 aromatic heterocycles. The number of hydrogen-bond acceptors (Lipinski definition) is 4. The quantitative estimate of drug-likeness (QED) is 0.531. The average molecular weight is 314 g/mol. The second-order valence-electron chi connectivity index (χ2n) is 5.09. The molecule has 5 heteroatoms. The van der Waals surface area contributed by atoms with Crippen LogP contribution < -0.4 is 5.32 Å². The number of ether oxygens (including phenoxy) is 1. The van der Waals surface area contributed by atoms with E-state index in [9.17, 15) is 9.59 Å². The van der Waals surface area contributed by atoms with Gasteiger partial charge in [-0.15, -0.1) is 6.58 Å². The Balaban J connectivity index is 2.52. The number of carbonyl (C=O) groups is 2. The topological polar surface area (TPSA) is 79.2 Å². The van der Waals surface area contributed by atoms with Crippen LogP contribution in [0.25, 0.3) is 0 Å². The van der Waals surface area contributed by atoms with E-state index in [1.807, 2.05) is 30.3 Å². The van der Waals surface area contributed by atoms with E-state index in [0.717, 1.165) is 12.8 Å². The molecule has 1 aromatic carbocycles. The van der Waals surface area contributed by atoms with Crippen molar-refractivity contribution in [3.8, 4) is 6.07 Å². The van der Waals surface area contributed by atoms with Crippen molar-refractivity contribution in [1.82, 2.24) is 5.32 Å². The maximum atomic E-state index is 11.9. The fraction of sp³-hybridized carbons (Fsp3) is 0.389. The van der Waals surface area contributed by atoms with Crippen molar-refractivity contribution in [2.75, 3.05) is 6.61 Å². The van der Waals surface area contributed by atoms with Crippen LogP contribution in [0.1, 0.15) is 31.2 Å². The van der Waals surface area contributed by atoms with Gasteiger partial charge in [-0.25, -0.2) is 4.79 Å². The van der Waals surface area contributed by atoms with Gasteiger partial charge in [0.1, 0.15) is 12.1 Å². The third-order valence-corrected chi connectivity index (χ3v) is 3.28. The summed E-state index contributed by atoms with van der Waals surface area (Å²) in [7, 11) is 0. The number of aryl methyl sites for hydroxylation is 1. The zero-order chi connectivity index (χ0) is 16.9. The molecule has 1 aromatic rings. The second-order valence-corrected chi connectivity index (χ2v) is 5.09. The molecular formula is C18H22N2O3. The standard InChI is InChI=1S/C18H22N2O3/c1-2-3-12-17(21)20-16(18(22)23-14-13-19)11-7-10-15-8-5-4-6-9-15/h2,4-6,8-9,16H,1,3,7,10-12,14H2,(H,20,21). The largest absolute Gasteiger partial charge is 0.449 e. The lowest BCUT2D eigenvalue weighted by molar-refractivity contribution is -0.146.